The first-order valence-electron chi connectivity index (χ1n) is 7.22. The van der Waals surface area contributed by atoms with Crippen LogP contribution in [-0.4, -0.2) is 6.54 Å². The monoisotopic (exact) mass is 299 g/mol. The molecule has 1 heterocycles. The zero-order valence-electron chi connectivity index (χ0n) is 12.0. The molecule has 0 saturated heterocycles. The molecule has 108 valence electrons. The highest BCUT2D eigenvalue weighted by molar-refractivity contribution is 7.19. The summed E-state index contributed by atoms with van der Waals surface area (Å²) in [6, 6.07) is 17.9. The fourth-order valence-electron chi connectivity index (χ4n) is 2.58. The molecule has 2 aromatic carbocycles. The van der Waals surface area contributed by atoms with E-state index in [-0.39, 0.29) is 11.9 Å². The van der Waals surface area contributed by atoms with Gasteiger partial charge in [0.15, 0.2) is 0 Å². The Morgan fingerprint density at radius 2 is 1.90 bits per heavy atom. The molecule has 1 atom stereocenters. The number of likely N-dealkylation sites (N-methyl/N-ethyl adjacent to an activating group) is 1. The van der Waals surface area contributed by atoms with Gasteiger partial charge in [0.05, 0.1) is 0 Å². The largest absolute Gasteiger partial charge is 0.309 e. The average molecular weight is 299 g/mol. The topological polar surface area (TPSA) is 12.0 Å². The van der Waals surface area contributed by atoms with Crippen LogP contribution < -0.4 is 5.32 Å². The molecule has 0 saturated carbocycles. The molecule has 1 unspecified atom stereocenters. The van der Waals surface area contributed by atoms with Crippen LogP contribution in [0, 0.1) is 5.82 Å². The number of rotatable bonds is 5. The molecule has 0 aliphatic rings. The molecule has 0 fully saturated rings. The van der Waals surface area contributed by atoms with Crippen molar-refractivity contribution in [2.75, 3.05) is 6.54 Å². The number of halogens is 1. The van der Waals surface area contributed by atoms with Gasteiger partial charge >= 0.3 is 0 Å². The van der Waals surface area contributed by atoms with Crippen molar-refractivity contribution in [3.63, 3.8) is 0 Å². The molecule has 0 amide bonds. The molecule has 1 nitrogen and oxygen atoms in total. The van der Waals surface area contributed by atoms with Crippen molar-refractivity contribution in [2.24, 2.45) is 0 Å². The van der Waals surface area contributed by atoms with E-state index in [1.54, 1.807) is 17.4 Å². The lowest BCUT2D eigenvalue weighted by molar-refractivity contribution is 0.558. The molecule has 3 aromatic rings. The van der Waals surface area contributed by atoms with E-state index in [0.717, 1.165) is 23.1 Å². The third-order valence-electron chi connectivity index (χ3n) is 3.57. The predicted molar refractivity (Wildman–Crippen MR) is 88.3 cm³/mol. The van der Waals surface area contributed by atoms with Crippen molar-refractivity contribution >= 4 is 21.4 Å². The highest BCUT2D eigenvalue weighted by Gasteiger charge is 2.14. The van der Waals surface area contributed by atoms with E-state index in [1.165, 1.54) is 16.5 Å². The maximum absolute atomic E-state index is 13.3. The van der Waals surface area contributed by atoms with E-state index >= 15 is 0 Å². The number of nitrogens with one attached hydrogen (secondary N) is 1. The van der Waals surface area contributed by atoms with Crippen LogP contribution in [0.15, 0.2) is 54.6 Å². The van der Waals surface area contributed by atoms with Crippen molar-refractivity contribution < 1.29 is 4.39 Å². The summed E-state index contributed by atoms with van der Waals surface area (Å²) in [4.78, 5) is 1.27. The van der Waals surface area contributed by atoms with Gasteiger partial charge in [-0.3, -0.25) is 0 Å². The van der Waals surface area contributed by atoms with Gasteiger partial charge in [0.1, 0.15) is 5.82 Å². The molecule has 0 aliphatic heterocycles. The minimum Gasteiger partial charge on any atom is -0.309 e. The lowest BCUT2D eigenvalue weighted by Gasteiger charge is -2.16. The van der Waals surface area contributed by atoms with Crippen LogP contribution in [0.4, 0.5) is 4.39 Å². The third-order valence-corrected chi connectivity index (χ3v) is 4.80. The van der Waals surface area contributed by atoms with Crippen molar-refractivity contribution in [2.45, 2.75) is 19.4 Å². The quantitative estimate of drug-likeness (QED) is 0.704. The minimum absolute atomic E-state index is 0.171. The van der Waals surface area contributed by atoms with Gasteiger partial charge < -0.3 is 5.32 Å². The van der Waals surface area contributed by atoms with E-state index in [2.05, 4.69) is 42.6 Å². The van der Waals surface area contributed by atoms with Gasteiger partial charge in [0.25, 0.3) is 0 Å². The summed E-state index contributed by atoms with van der Waals surface area (Å²) in [6.45, 7) is 3.03. The molecule has 3 heteroatoms. The second-order valence-electron chi connectivity index (χ2n) is 5.13. The first-order valence-corrected chi connectivity index (χ1v) is 8.04. The highest BCUT2D eigenvalue weighted by atomic mass is 32.1. The first kappa shape index (κ1) is 14.2. The summed E-state index contributed by atoms with van der Waals surface area (Å²) >= 11 is 1.74. The molecule has 3 rings (SSSR count). The number of benzene rings is 2. The van der Waals surface area contributed by atoms with Crippen LogP contribution in [0.1, 0.15) is 23.4 Å². The van der Waals surface area contributed by atoms with Crippen LogP contribution in [0.2, 0.25) is 0 Å². The van der Waals surface area contributed by atoms with Crippen LogP contribution in [0.5, 0.6) is 0 Å². The van der Waals surface area contributed by atoms with Gasteiger partial charge in [-0.25, -0.2) is 4.39 Å². The number of hydrogen-bond acceptors (Lipinski definition) is 2. The number of hydrogen-bond donors (Lipinski definition) is 1. The van der Waals surface area contributed by atoms with Gasteiger partial charge in [-0.15, -0.1) is 11.3 Å². The van der Waals surface area contributed by atoms with Gasteiger partial charge in [-0.2, -0.15) is 0 Å². The number of fused-ring (bicyclic) bond motifs is 1. The Balaban J connectivity index is 1.91. The van der Waals surface area contributed by atoms with E-state index in [1.807, 2.05) is 12.1 Å². The van der Waals surface area contributed by atoms with Crippen LogP contribution in [0.25, 0.3) is 10.1 Å². The summed E-state index contributed by atoms with van der Waals surface area (Å²) in [7, 11) is 0. The molecule has 0 aliphatic carbocycles. The average Bonchev–Trinajstić information content (AvgIpc) is 2.91. The first-order chi connectivity index (χ1) is 10.3. The van der Waals surface area contributed by atoms with E-state index in [4.69, 9.17) is 0 Å². The van der Waals surface area contributed by atoms with E-state index in [0.29, 0.717) is 0 Å². The SMILES string of the molecule is CCNC(Cc1ccccc1)c1cc2cc(F)ccc2s1. The molecular formula is C18H18FNS. The Labute approximate surface area is 128 Å². The normalized spacial score (nSPS) is 12.7. The van der Waals surface area contributed by atoms with Gasteiger partial charge in [0.2, 0.25) is 0 Å². The van der Waals surface area contributed by atoms with E-state index < -0.39 is 0 Å². The zero-order chi connectivity index (χ0) is 14.7. The smallest absolute Gasteiger partial charge is 0.123 e. The summed E-state index contributed by atoms with van der Waals surface area (Å²) in [5.41, 5.74) is 1.31. The third kappa shape index (κ3) is 3.31. The second kappa shape index (κ2) is 6.37. The Morgan fingerprint density at radius 1 is 1.10 bits per heavy atom. The summed E-state index contributed by atoms with van der Waals surface area (Å²) in [6.07, 6.45) is 0.948. The summed E-state index contributed by atoms with van der Waals surface area (Å²) in [5.74, 6) is -0.171. The Bertz CT molecular complexity index is 720. The summed E-state index contributed by atoms with van der Waals surface area (Å²) in [5, 5.41) is 4.53. The van der Waals surface area contributed by atoms with Crippen molar-refractivity contribution in [3.8, 4) is 0 Å². The highest BCUT2D eigenvalue weighted by Crippen LogP contribution is 2.32. The molecule has 21 heavy (non-hydrogen) atoms. The molecular weight excluding hydrogens is 281 g/mol. The molecule has 0 radical (unpaired) electrons. The summed E-state index contributed by atoms with van der Waals surface area (Å²) < 4.78 is 14.5. The molecule has 1 aromatic heterocycles. The van der Waals surface area contributed by atoms with Crippen molar-refractivity contribution in [1.29, 1.82) is 0 Å². The fraction of sp³-hybridized carbons (Fsp3) is 0.222. The fourth-order valence-corrected chi connectivity index (χ4v) is 3.70. The minimum atomic E-state index is -0.171. The van der Waals surface area contributed by atoms with Crippen LogP contribution in [0.3, 0.4) is 0 Å². The molecule has 0 spiro atoms. The van der Waals surface area contributed by atoms with Gasteiger partial charge in [-0.1, -0.05) is 37.3 Å². The van der Waals surface area contributed by atoms with Gasteiger partial charge in [-0.05, 0) is 48.2 Å². The Hall–Kier alpha value is -1.71. The standard InChI is InChI=1S/C18H18FNS/c1-2-20-16(10-13-6-4-3-5-7-13)18-12-14-11-15(19)8-9-17(14)21-18/h3-9,11-12,16,20H,2,10H2,1H3. The van der Waals surface area contributed by atoms with E-state index in [9.17, 15) is 4.39 Å². The predicted octanol–water partition coefficient (Wildman–Crippen LogP) is 4.93. The van der Waals surface area contributed by atoms with Crippen molar-refractivity contribution in [1.82, 2.24) is 5.32 Å². The maximum atomic E-state index is 13.3. The lowest BCUT2D eigenvalue weighted by Crippen LogP contribution is -2.22. The van der Waals surface area contributed by atoms with Crippen LogP contribution >= 0.6 is 11.3 Å². The molecule has 1 N–H and O–H groups in total. The number of thiophene rings is 1. The second-order valence-corrected chi connectivity index (χ2v) is 6.25. The van der Waals surface area contributed by atoms with Gasteiger partial charge in [0, 0.05) is 15.6 Å². The van der Waals surface area contributed by atoms with Crippen molar-refractivity contribution in [3.05, 3.63) is 70.9 Å². The maximum Gasteiger partial charge on any atom is 0.123 e. The Morgan fingerprint density at radius 3 is 2.67 bits per heavy atom. The van der Waals surface area contributed by atoms with Crippen LogP contribution in [-0.2, 0) is 6.42 Å². The molecule has 0 bridgehead atoms. The lowest BCUT2D eigenvalue weighted by atomic mass is 10.0. The zero-order valence-corrected chi connectivity index (χ0v) is 12.8. The Kier molecular flexibility index (Phi) is 4.32.